The maximum absolute atomic E-state index is 12.8. The lowest BCUT2D eigenvalue weighted by molar-refractivity contribution is 0.0819. The molecule has 0 bridgehead atoms. The summed E-state index contributed by atoms with van der Waals surface area (Å²) in [6, 6.07) is 5.67. The Labute approximate surface area is 153 Å². The van der Waals surface area contributed by atoms with Crippen molar-refractivity contribution in [2.75, 3.05) is 18.5 Å². The molecule has 2 amide bonds. The zero-order chi connectivity index (χ0) is 17.1. The number of hydrogen-bond acceptors (Lipinski definition) is 6. The molecule has 3 aromatic rings. The van der Waals surface area contributed by atoms with E-state index in [0.29, 0.717) is 18.2 Å². The molecule has 0 unspecified atom stereocenters. The predicted octanol–water partition coefficient (Wildman–Crippen LogP) is 3.97. The number of nitrogens with one attached hydrogen (secondary N) is 1. The monoisotopic (exact) mass is 374 g/mol. The fourth-order valence-electron chi connectivity index (χ4n) is 2.86. The van der Waals surface area contributed by atoms with E-state index in [4.69, 9.17) is 4.74 Å². The van der Waals surface area contributed by atoms with Crippen molar-refractivity contribution in [2.45, 2.75) is 25.5 Å². The Morgan fingerprint density at radius 3 is 3.16 bits per heavy atom. The fourth-order valence-corrected chi connectivity index (χ4v) is 4.68. The highest BCUT2D eigenvalue weighted by atomic mass is 32.2. The van der Waals surface area contributed by atoms with E-state index in [9.17, 15) is 4.79 Å². The van der Waals surface area contributed by atoms with E-state index in [1.165, 1.54) is 11.3 Å². The van der Waals surface area contributed by atoms with Crippen LogP contribution in [-0.2, 0) is 11.3 Å². The summed E-state index contributed by atoms with van der Waals surface area (Å²) < 4.78 is 6.83. The van der Waals surface area contributed by atoms with Crippen molar-refractivity contribution in [3.63, 3.8) is 0 Å². The van der Waals surface area contributed by atoms with Crippen LogP contribution in [0.4, 0.5) is 9.93 Å². The summed E-state index contributed by atoms with van der Waals surface area (Å²) in [6.45, 7) is 1.84. The second kappa shape index (κ2) is 7.47. The van der Waals surface area contributed by atoms with Crippen molar-refractivity contribution in [3.05, 3.63) is 41.5 Å². The average Bonchev–Trinajstić information content (AvgIpc) is 3.32. The Kier molecular flexibility index (Phi) is 4.91. The minimum atomic E-state index is -0.152. The fraction of sp³-hybridized carbons (Fsp3) is 0.353. The maximum Gasteiger partial charge on any atom is 0.324 e. The average molecular weight is 374 g/mol. The number of aromatic nitrogens is 2. The molecule has 4 heterocycles. The van der Waals surface area contributed by atoms with Crippen molar-refractivity contribution in [1.82, 2.24) is 14.9 Å². The molecule has 1 aliphatic heterocycles. The number of fused-ring (bicyclic) bond motifs is 1. The molecule has 6 nitrogen and oxygen atoms in total. The van der Waals surface area contributed by atoms with Gasteiger partial charge in [-0.05, 0) is 35.9 Å². The summed E-state index contributed by atoms with van der Waals surface area (Å²) in [4.78, 5) is 23.2. The third kappa shape index (κ3) is 3.97. The Bertz CT molecular complexity index is 814. The maximum atomic E-state index is 12.8. The highest BCUT2D eigenvalue weighted by Gasteiger charge is 2.23. The molecule has 1 atom stereocenters. The van der Waals surface area contributed by atoms with Crippen LogP contribution in [0.15, 0.2) is 36.0 Å². The van der Waals surface area contributed by atoms with Gasteiger partial charge in [0.25, 0.3) is 0 Å². The van der Waals surface area contributed by atoms with E-state index >= 15 is 0 Å². The van der Waals surface area contributed by atoms with Crippen LogP contribution in [0.1, 0.15) is 18.4 Å². The third-order valence-corrected chi connectivity index (χ3v) is 6.08. The van der Waals surface area contributed by atoms with Gasteiger partial charge in [-0.15, -0.1) is 11.3 Å². The van der Waals surface area contributed by atoms with Crippen LogP contribution >= 0.6 is 22.7 Å². The molecule has 1 saturated heterocycles. The number of thiophene rings is 1. The second-order valence-corrected chi connectivity index (χ2v) is 8.09. The lowest BCUT2D eigenvalue weighted by Crippen LogP contribution is -2.39. The third-order valence-electron chi connectivity index (χ3n) is 4.07. The van der Waals surface area contributed by atoms with E-state index in [1.807, 2.05) is 23.6 Å². The highest BCUT2D eigenvalue weighted by Crippen LogP contribution is 2.30. The minimum Gasteiger partial charge on any atom is -0.376 e. The van der Waals surface area contributed by atoms with Crippen molar-refractivity contribution in [1.29, 1.82) is 0 Å². The summed E-state index contributed by atoms with van der Waals surface area (Å²) in [5.74, 6) is 0. The number of hydrogen-bond donors (Lipinski definition) is 1. The van der Waals surface area contributed by atoms with Crippen LogP contribution in [0.25, 0.3) is 9.53 Å². The SMILES string of the molecule is O=C(Nc1nc2ccsc2s1)N(Cc1cccnc1)C[C@@H]1CCCO1. The molecular weight excluding hydrogens is 356 g/mol. The molecule has 1 N–H and O–H groups in total. The van der Waals surface area contributed by atoms with Gasteiger partial charge in [-0.3, -0.25) is 10.3 Å². The lowest BCUT2D eigenvalue weighted by Gasteiger charge is -2.25. The van der Waals surface area contributed by atoms with Gasteiger partial charge in [0.1, 0.15) is 4.01 Å². The zero-order valence-corrected chi connectivity index (χ0v) is 15.2. The molecule has 8 heteroatoms. The molecule has 0 spiro atoms. The molecule has 1 fully saturated rings. The van der Waals surface area contributed by atoms with Crippen LogP contribution in [-0.4, -0.2) is 40.2 Å². The zero-order valence-electron chi connectivity index (χ0n) is 13.6. The van der Waals surface area contributed by atoms with Crippen molar-refractivity contribution >= 4 is 43.4 Å². The first-order chi connectivity index (χ1) is 12.3. The van der Waals surface area contributed by atoms with E-state index in [1.54, 1.807) is 28.6 Å². The molecule has 130 valence electrons. The molecule has 0 saturated carbocycles. The molecule has 3 aromatic heterocycles. The largest absolute Gasteiger partial charge is 0.376 e. The van der Waals surface area contributed by atoms with Crippen molar-refractivity contribution < 1.29 is 9.53 Å². The van der Waals surface area contributed by atoms with Crippen LogP contribution in [0.3, 0.4) is 0 Å². The number of pyridine rings is 1. The van der Waals surface area contributed by atoms with Gasteiger partial charge in [0.05, 0.1) is 11.6 Å². The van der Waals surface area contributed by atoms with E-state index in [2.05, 4.69) is 15.3 Å². The van der Waals surface area contributed by atoms with Gasteiger partial charge in [-0.25, -0.2) is 9.78 Å². The first kappa shape index (κ1) is 16.4. The number of amides is 2. The van der Waals surface area contributed by atoms with Crippen LogP contribution < -0.4 is 5.32 Å². The van der Waals surface area contributed by atoms with Gasteiger partial charge >= 0.3 is 6.03 Å². The van der Waals surface area contributed by atoms with Gasteiger partial charge in [0, 0.05) is 32.1 Å². The molecule has 0 aliphatic carbocycles. The lowest BCUT2D eigenvalue weighted by atomic mass is 10.2. The Morgan fingerprint density at radius 1 is 1.44 bits per heavy atom. The summed E-state index contributed by atoms with van der Waals surface area (Å²) in [5, 5.41) is 5.58. The first-order valence-electron chi connectivity index (χ1n) is 8.18. The van der Waals surface area contributed by atoms with Gasteiger partial charge in [-0.1, -0.05) is 17.4 Å². The Hall–Kier alpha value is -2.03. The number of rotatable bonds is 5. The normalized spacial score (nSPS) is 17.0. The number of nitrogens with zero attached hydrogens (tertiary/aromatic N) is 3. The quantitative estimate of drug-likeness (QED) is 0.734. The number of thiazole rings is 1. The van der Waals surface area contributed by atoms with Crippen LogP contribution in [0.5, 0.6) is 0 Å². The van der Waals surface area contributed by atoms with Crippen LogP contribution in [0.2, 0.25) is 0 Å². The predicted molar refractivity (Wildman–Crippen MR) is 100 cm³/mol. The smallest absolute Gasteiger partial charge is 0.324 e. The molecule has 1 aliphatic rings. The van der Waals surface area contributed by atoms with Crippen LogP contribution in [0, 0.1) is 0 Å². The topological polar surface area (TPSA) is 67.4 Å². The Balaban J connectivity index is 1.48. The van der Waals surface area contributed by atoms with Gasteiger partial charge < -0.3 is 9.64 Å². The second-order valence-electron chi connectivity index (χ2n) is 5.92. The molecule has 4 rings (SSSR count). The number of ether oxygens (including phenoxy) is 1. The molecular formula is C17H18N4O2S2. The summed E-state index contributed by atoms with van der Waals surface area (Å²) in [6.07, 6.45) is 5.66. The molecule has 0 aromatic carbocycles. The number of carbonyl (C=O) groups excluding carboxylic acids is 1. The number of urea groups is 1. The molecule has 0 radical (unpaired) electrons. The minimum absolute atomic E-state index is 0.0993. The van der Waals surface area contributed by atoms with Crippen molar-refractivity contribution in [2.24, 2.45) is 0 Å². The highest BCUT2D eigenvalue weighted by molar-refractivity contribution is 7.39. The number of anilines is 1. The van der Waals surface area contributed by atoms with E-state index in [0.717, 1.165) is 34.5 Å². The van der Waals surface area contributed by atoms with E-state index < -0.39 is 0 Å². The standard InChI is InChI=1S/C17H18N4O2S2/c22-17(20-16-19-14-5-8-24-15(14)25-16)21(11-13-4-2-7-23-13)10-12-3-1-6-18-9-12/h1,3,5-6,8-9,13H,2,4,7,10-11H2,(H,19,20,22)/t13-/m0/s1. The summed E-state index contributed by atoms with van der Waals surface area (Å²) >= 11 is 3.14. The van der Waals surface area contributed by atoms with E-state index in [-0.39, 0.29) is 12.1 Å². The summed E-state index contributed by atoms with van der Waals surface area (Å²) in [5.41, 5.74) is 1.93. The van der Waals surface area contributed by atoms with Gasteiger partial charge in [0.2, 0.25) is 0 Å². The van der Waals surface area contributed by atoms with Crippen molar-refractivity contribution in [3.8, 4) is 0 Å². The Morgan fingerprint density at radius 2 is 2.40 bits per heavy atom. The van der Waals surface area contributed by atoms with Gasteiger partial charge in [-0.2, -0.15) is 0 Å². The molecule has 25 heavy (non-hydrogen) atoms. The van der Waals surface area contributed by atoms with Gasteiger partial charge in [0.15, 0.2) is 5.13 Å². The first-order valence-corrected chi connectivity index (χ1v) is 9.88. The number of carbonyl (C=O) groups is 1. The summed E-state index contributed by atoms with van der Waals surface area (Å²) in [7, 11) is 0.